The monoisotopic (exact) mass is 778 g/mol. The van der Waals surface area contributed by atoms with Crippen LogP contribution in [0.5, 0.6) is 0 Å². The van der Waals surface area contributed by atoms with E-state index in [1.807, 2.05) is 6.20 Å². The summed E-state index contributed by atoms with van der Waals surface area (Å²) in [7, 11) is 0. The van der Waals surface area contributed by atoms with Gasteiger partial charge < -0.3 is 0 Å². The fourth-order valence-corrected chi connectivity index (χ4v) is 9.21. The molecule has 0 spiro atoms. The number of fused-ring (bicyclic) bond motifs is 6. The number of benzene rings is 6. The largest absolute Gasteiger partial charge is 0.282 e. The van der Waals surface area contributed by atoms with Gasteiger partial charge in [0, 0.05) is 46.2 Å². The lowest BCUT2D eigenvalue weighted by Gasteiger charge is -2.41. The molecule has 0 radical (unpaired) electrons. The zero-order chi connectivity index (χ0) is 40.9. The fourth-order valence-electron chi connectivity index (χ4n) is 9.21. The molecule has 0 atom stereocenters. The second kappa shape index (κ2) is 13.4. The molecule has 0 saturated carbocycles. The van der Waals surface area contributed by atoms with E-state index in [1.54, 1.807) is 12.4 Å². The quantitative estimate of drug-likeness (QED) is 0.172. The fraction of sp³-hybridized carbons (Fsp3) is 0.154. The number of aromatic nitrogens is 7. The molecular formula is C52H42N8. The summed E-state index contributed by atoms with van der Waals surface area (Å²) in [5.74, 6) is 1.40. The zero-order valence-electron chi connectivity index (χ0n) is 34.4. The van der Waals surface area contributed by atoms with Crippen molar-refractivity contribution in [2.45, 2.75) is 52.9 Å². The van der Waals surface area contributed by atoms with Crippen LogP contribution in [0, 0.1) is 13.8 Å². The normalized spacial score (nSPS) is 13.4. The van der Waals surface area contributed by atoms with Gasteiger partial charge in [0.05, 0.1) is 22.6 Å². The van der Waals surface area contributed by atoms with Crippen LogP contribution in [-0.2, 0) is 5.41 Å². The number of para-hydroxylation sites is 1. The summed E-state index contributed by atoms with van der Waals surface area (Å²) in [5, 5.41) is 5.84. The minimum absolute atomic E-state index is 0.235. The average molecular weight is 779 g/mol. The Hall–Kier alpha value is -7.32. The van der Waals surface area contributed by atoms with E-state index >= 15 is 0 Å². The number of rotatable bonds is 5. The summed E-state index contributed by atoms with van der Waals surface area (Å²) in [6, 6.07) is 43.1. The topological polar surface area (TPSA) is 85.5 Å². The van der Waals surface area contributed by atoms with Crippen LogP contribution in [0.4, 0.5) is 17.3 Å². The van der Waals surface area contributed by atoms with Crippen molar-refractivity contribution in [1.82, 2.24) is 34.5 Å². The van der Waals surface area contributed by atoms with Crippen LogP contribution in [0.2, 0.25) is 0 Å². The SMILES string of the molecule is Cc1c(C)n(-c2ncc(C(C)C)c(-c3ccc4ccccc4c3)n2)c2cc3c(cc12)C(C)(C)c1ccccc1N3c1nc(-c2ccc3ccccc3c2)c2nccnc2n1. The lowest BCUT2D eigenvalue weighted by Crippen LogP contribution is -2.31. The van der Waals surface area contributed by atoms with Gasteiger partial charge in [-0.15, -0.1) is 0 Å². The summed E-state index contributed by atoms with van der Waals surface area (Å²) in [6.07, 6.45) is 5.42. The molecule has 0 fully saturated rings. The van der Waals surface area contributed by atoms with Crippen molar-refractivity contribution < 1.29 is 0 Å². The van der Waals surface area contributed by atoms with Crippen LogP contribution in [0.25, 0.3) is 72.1 Å². The first kappa shape index (κ1) is 35.8. The van der Waals surface area contributed by atoms with Crippen molar-refractivity contribution in [3.05, 3.63) is 168 Å². The van der Waals surface area contributed by atoms with Gasteiger partial charge in [-0.3, -0.25) is 9.47 Å². The molecule has 0 saturated heterocycles. The number of hydrogen-bond donors (Lipinski definition) is 0. The first-order valence-electron chi connectivity index (χ1n) is 20.6. The van der Waals surface area contributed by atoms with Crippen molar-refractivity contribution in [3.8, 4) is 28.5 Å². The van der Waals surface area contributed by atoms with E-state index in [2.05, 4.69) is 172 Å². The number of aryl methyl sites for hydroxylation is 1. The third-order valence-electron chi connectivity index (χ3n) is 12.6. The highest BCUT2D eigenvalue weighted by Gasteiger charge is 2.39. The summed E-state index contributed by atoms with van der Waals surface area (Å²) in [5.41, 5.74) is 13.3. The second-order valence-corrected chi connectivity index (χ2v) is 16.8. The molecular weight excluding hydrogens is 737 g/mol. The molecule has 60 heavy (non-hydrogen) atoms. The minimum atomic E-state index is -0.338. The van der Waals surface area contributed by atoms with Crippen LogP contribution in [0.1, 0.15) is 61.6 Å². The van der Waals surface area contributed by atoms with Gasteiger partial charge in [-0.05, 0) is 93.9 Å². The van der Waals surface area contributed by atoms with E-state index in [1.165, 1.54) is 27.5 Å². The summed E-state index contributed by atoms with van der Waals surface area (Å²) >= 11 is 0. The third kappa shape index (κ3) is 5.44. The molecule has 1 aliphatic rings. The van der Waals surface area contributed by atoms with Gasteiger partial charge in [-0.2, -0.15) is 4.98 Å². The lowest BCUT2D eigenvalue weighted by molar-refractivity contribution is 0.631. The molecule has 0 aliphatic carbocycles. The van der Waals surface area contributed by atoms with Crippen molar-refractivity contribution in [3.63, 3.8) is 0 Å². The maximum absolute atomic E-state index is 5.42. The average Bonchev–Trinajstić information content (AvgIpc) is 3.52. The van der Waals surface area contributed by atoms with Crippen LogP contribution in [0.15, 0.2) is 140 Å². The number of nitrogens with zero attached hydrogens (tertiary/aromatic N) is 8. The van der Waals surface area contributed by atoms with Crippen molar-refractivity contribution in [1.29, 1.82) is 0 Å². The van der Waals surface area contributed by atoms with Crippen LogP contribution < -0.4 is 4.90 Å². The Kier molecular flexibility index (Phi) is 7.97. The van der Waals surface area contributed by atoms with Gasteiger partial charge in [0.1, 0.15) is 11.2 Å². The van der Waals surface area contributed by atoms with Crippen LogP contribution in [0.3, 0.4) is 0 Å². The number of hydrogen-bond acceptors (Lipinski definition) is 7. The van der Waals surface area contributed by atoms with E-state index < -0.39 is 0 Å². The van der Waals surface area contributed by atoms with E-state index in [0.29, 0.717) is 23.1 Å². The molecule has 0 N–H and O–H groups in total. The van der Waals surface area contributed by atoms with Gasteiger partial charge >= 0.3 is 0 Å². The molecule has 290 valence electrons. The molecule has 10 aromatic rings. The molecule has 0 bridgehead atoms. The Morgan fingerprint density at radius 2 is 1.20 bits per heavy atom. The van der Waals surface area contributed by atoms with Crippen LogP contribution in [-0.4, -0.2) is 34.5 Å². The molecule has 0 unspecified atom stereocenters. The minimum Gasteiger partial charge on any atom is -0.282 e. The Bertz CT molecular complexity index is 3380. The molecule has 5 heterocycles. The van der Waals surface area contributed by atoms with Gasteiger partial charge in [-0.1, -0.05) is 119 Å². The van der Waals surface area contributed by atoms with Crippen molar-refractivity contribution >= 4 is 60.9 Å². The smallest absolute Gasteiger partial charge is 0.237 e. The molecule has 11 rings (SSSR count). The molecule has 8 heteroatoms. The number of anilines is 3. The molecule has 1 aliphatic heterocycles. The first-order chi connectivity index (χ1) is 29.2. The van der Waals surface area contributed by atoms with E-state index in [9.17, 15) is 0 Å². The second-order valence-electron chi connectivity index (χ2n) is 16.8. The Morgan fingerprint density at radius 1 is 0.567 bits per heavy atom. The Labute approximate surface area is 348 Å². The summed E-state index contributed by atoms with van der Waals surface area (Å²) in [6.45, 7) is 13.4. The predicted molar refractivity (Wildman–Crippen MR) is 244 cm³/mol. The standard InChI is InChI=1S/C52H42N8/c1-30(2)40-29-55-50(56-46(40)37-21-19-33-13-7-9-15-35(33)25-37)59-32(4)31(3)39-27-42-45(28-44(39)59)60(43-18-12-11-17-41(43)52(42,5)6)51-57-47(48-49(58-51)54-24-23-53-48)38-22-20-34-14-8-10-16-36(34)26-38/h7-30H,1-6H3. The molecule has 6 aromatic carbocycles. The third-order valence-corrected chi connectivity index (χ3v) is 12.6. The van der Waals surface area contributed by atoms with E-state index in [-0.39, 0.29) is 11.3 Å². The summed E-state index contributed by atoms with van der Waals surface area (Å²) in [4.78, 5) is 32.8. The van der Waals surface area contributed by atoms with Crippen molar-refractivity contribution in [2.24, 2.45) is 0 Å². The molecule has 8 nitrogen and oxygen atoms in total. The van der Waals surface area contributed by atoms with Gasteiger partial charge in [0.2, 0.25) is 11.9 Å². The highest BCUT2D eigenvalue weighted by molar-refractivity contribution is 5.98. The van der Waals surface area contributed by atoms with E-state index in [4.69, 9.17) is 29.9 Å². The highest BCUT2D eigenvalue weighted by Crippen LogP contribution is 2.53. The van der Waals surface area contributed by atoms with Crippen LogP contribution >= 0.6 is 0 Å². The van der Waals surface area contributed by atoms with Gasteiger partial charge in [0.15, 0.2) is 5.65 Å². The Morgan fingerprint density at radius 3 is 1.92 bits per heavy atom. The summed E-state index contributed by atoms with van der Waals surface area (Å²) < 4.78 is 2.22. The van der Waals surface area contributed by atoms with Crippen molar-refractivity contribution in [2.75, 3.05) is 4.90 Å². The highest BCUT2D eigenvalue weighted by atomic mass is 15.3. The zero-order valence-corrected chi connectivity index (χ0v) is 34.4. The molecule has 4 aromatic heterocycles. The molecule has 0 amide bonds. The maximum atomic E-state index is 5.42. The predicted octanol–water partition coefficient (Wildman–Crippen LogP) is 12.6. The van der Waals surface area contributed by atoms with Gasteiger partial charge in [0.25, 0.3) is 0 Å². The first-order valence-corrected chi connectivity index (χ1v) is 20.6. The van der Waals surface area contributed by atoms with E-state index in [0.717, 1.165) is 66.8 Å². The lowest BCUT2D eigenvalue weighted by atomic mass is 9.73. The van der Waals surface area contributed by atoms with Gasteiger partial charge in [-0.25, -0.2) is 24.9 Å². The maximum Gasteiger partial charge on any atom is 0.237 e. The Balaban J connectivity index is 1.16.